The van der Waals surface area contributed by atoms with Crippen molar-refractivity contribution < 1.29 is 4.74 Å². The molecule has 0 saturated carbocycles. The molecule has 0 bridgehead atoms. The molecule has 1 aliphatic heterocycles. The highest BCUT2D eigenvalue weighted by molar-refractivity contribution is 5.05. The Hall–Kier alpha value is -1.66. The fraction of sp³-hybridized carbons (Fsp3) is 0.625. The maximum absolute atomic E-state index is 6.04. The summed E-state index contributed by atoms with van der Waals surface area (Å²) in [5.74, 6) is 1.03. The summed E-state index contributed by atoms with van der Waals surface area (Å²) in [4.78, 5) is 4.52. The van der Waals surface area contributed by atoms with Crippen molar-refractivity contribution in [3.8, 4) is 0 Å². The van der Waals surface area contributed by atoms with Gasteiger partial charge in [-0.2, -0.15) is 5.10 Å². The maximum Gasteiger partial charge on any atom is 0.139 e. The topological polar surface area (TPSA) is 56.9 Å². The van der Waals surface area contributed by atoms with Crippen LogP contribution < -0.4 is 5.32 Å². The second kappa shape index (κ2) is 7.07. The summed E-state index contributed by atoms with van der Waals surface area (Å²) in [6.07, 6.45) is 7.98. The van der Waals surface area contributed by atoms with E-state index in [2.05, 4.69) is 39.9 Å². The summed E-state index contributed by atoms with van der Waals surface area (Å²) in [7, 11) is 0. The number of hydrogen-bond acceptors (Lipinski definition) is 4. The molecule has 1 fully saturated rings. The minimum Gasteiger partial charge on any atom is -0.369 e. The third kappa shape index (κ3) is 3.08. The van der Waals surface area contributed by atoms with Gasteiger partial charge in [0.2, 0.25) is 0 Å². The van der Waals surface area contributed by atoms with Gasteiger partial charge in [-0.25, -0.2) is 4.98 Å². The predicted molar refractivity (Wildman–Crippen MR) is 84.4 cm³/mol. The molecule has 2 aromatic rings. The highest BCUT2D eigenvalue weighted by atomic mass is 16.5. The summed E-state index contributed by atoms with van der Waals surface area (Å²) < 4.78 is 10.2. The number of hydrogen-bond donors (Lipinski definition) is 1. The second-order valence-electron chi connectivity index (χ2n) is 5.63. The molecular formula is C16H25N5O. The molecule has 1 aliphatic rings. The predicted octanol–water partition coefficient (Wildman–Crippen LogP) is 2.13. The molecule has 0 aromatic carbocycles. The molecule has 0 radical (unpaired) electrons. The number of imidazole rings is 1. The zero-order valence-electron chi connectivity index (χ0n) is 13.4. The van der Waals surface area contributed by atoms with Crippen LogP contribution in [0.5, 0.6) is 0 Å². The van der Waals surface area contributed by atoms with Crippen molar-refractivity contribution in [2.75, 3.05) is 6.61 Å². The van der Waals surface area contributed by atoms with E-state index in [0.717, 1.165) is 44.9 Å². The van der Waals surface area contributed by atoms with Gasteiger partial charge in [0, 0.05) is 50.9 Å². The van der Waals surface area contributed by atoms with E-state index in [1.54, 1.807) is 0 Å². The Labute approximate surface area is 131 Å². The molecule has 6 heteroatoms. The van der Waals surface area contributed by atoms with Crippen LogP contribution in [0.25, 0.3) is 0 Å². The summed E-state index contributed by atoms with van der Waals surface area (Å²) in [6.45, 7) is 7.69. The van der Waals surface area contributed by atoms with Crippen LogP contribution in [0.4, 0.5) is 0 Å². The number of aromatic nitrogens is 4. The van der Waals surface area contributed by atoms with Gasteiger partial charge in [0.1, 0.15) is 11.9 Å². The van der Waals surface area contributed by atoms with Gasteiger partial charge in [-0.1, -0.05) is 0 Å². The van der Waals surface area contributed by atoms with Gasteiger partial charge >= 0.3 is 0 Å². The van der Waals surface area contributed by atoms with E-state index in [-0.39, 0.29) is 6.10 Å². The average molecular weight is 303 g/mol. The van der Waals surface area contributed by atoms with Crippen molar-refractivity contribution in [1.82, 2.24) is 24.6 Å². The standard InChI is InChI=1S/C16H25N5O/c1-3-20-10-9-17-16(20)15-14(6-5-11-22-15)18-12-13-7-8-19-21(13)4-2/h7-10,14-15,18H,3-6,11-12H2,1-2H3/t14-,15-/m0/s1. The SMILES string of the molecule is CCn1ccnc1[C@H]1OCCC[C@@H]1NCc1ccnn1CC. The molecule has 0 amide bonds. The molecule has 0 aliphatic carbocycles. The van der Waals surface area contributed by atoms with Gasteiger partial charge in [-0.3, -0.25) is 4.68 Å². The Bertz CT molecular complexity index is 591. The lowest BCUT2D eigenvalue weighted by atomic mass is 10.0. The van der Waals surface area contributed by atoms with Crippen LogP contribution in [0, 0.1) is 0 Å². The quantitative estimate of drug-likeness (QED) is 0.888. The molecule has 1 N–H and O–H groups in total. The van der Waals surface area contributed by atoms with Crippen LogP contribution in [0.1, 0.15) is 44.3 Å². The molecule has 0 spiro atoms. The van der Waals surface area contributed by atoms with Gasteiger partial charge in [0.25, 0.3) is 0 Å². The van der Waals surface area contributed by atoms with E-state index in [1.165, 1.54) is 5.69 Å². The maximum atomic E-state index is 6.04. The zero-order valence-corrected chi connectivity index (χ0v) is 13.4. The largest absolute Gasteiger partial charge is 0.369 e. The van der Waals surface area contributed by atoms with Gasteiger partial charge in [-0.05, 0) is 32.8 Å². The second-order valence-corrected chi connectivity index (χ2v) is 5.63. The van der Waals surface area contributed by atoms with E-state index in [1.807, 2.05) is 23.3 Å². The number of nitrogens with one attached hydrogen (secondary N) is 1. The Balaban J connectivity index is 1.70. The Morgan fingerprint density at radius 1 is 1.32 bits per heavy atom. The minimum atomic E-state index is 0.0293. The Morgan fingerprint density at radius 2 is 2.23 bits per heavy atom. The Kier molecular flexibility index (Phi) is 4.90. The van der Waals surface area contributed by atoms with Gasteiger partial charge in [-0.15, -0.1) is 0 Å². The van der Waals surface area contributed by atoms with Gasteiger partial charge in [0.05, 0.1) is 5.69 Å². The third-order valence-corrected chi connectivity index (χ3v) is 4.31. The van der Waals surface area contributed by atoms with E-state index in [4.69, 9.17) is 4.74 Å². The van der Waals surface area contributed by atoms with Crippen molar-refractivity contribution in [3.05, 3.63) is 36.2 Å². The molecule has 1 saturated heterocycles. The molecule has 2 aromatic heterocycles. The van der Waals surface area contributed by atoms with Crippen LogP contribution in [-0.4, -0.2) is 32.0 Å². The number of nitrogens with zero attached hydrogens (tertiary/aromatic N) is 4. The highest BCUT2D eigenvalue weighted by Crippen LogP contribution is 2.27. The molecular weight excluding hydrogens is 278 g/mol. The minimum absolute atomic E-state index is 0.0293. The number of ether oxygens (including phenoxy) is 1. The third-order valence-electron chi connectivity index (χ3n) is 4.31. The monoisotopic (exact) mass is 303 g/mol. The first kappa shape index (κ1) is 15.2. The number of aryl methyl sites for hydroxylation is 2. The van der Waals surface area contributed by atoms with Crippen molar-refractivity contribution in [1.29, 1.82) is 0 Å². The molecule has 2 atom stereocenters. The smallest absolute Gasteiger partial charge is 0.139 e. The summed E-state index contributed by atoms with van der Waals surface area (Å²) in [5.41, 5.74) is 1.21. The number of rotatable bonds is 6. The summed E-state index contributed by atoms with van der Waals surface area (Å²) >= 11 is 0. The first-order valence-electron chi connectivity index (χ1n) is 8.20. The fourth-order valence-electron chi connectivity index (χ4n) is 3.12. The van der Waals surface area contributed by atoms with Crippen LogP contribution in [0.3, 0.4) is 0 Å². The van der Waals surface area contributed by atoms with Crippen molar-refractivity contribution in [2.45, 2.75) is 58.5 Å². The van der Waals surface area contributed by atoms with Crippen molar-refractivity contribution in [2.24, 2.45) is 0 Å². The van der Waals surface area contributed by atoms with Crippen molar-refractivity contribution >= 4 is 0 Å². The first-order chi connectivity index (χ1) is 10.8. The molecule has 6 nitrogen and oxygen atoms in total. The molecule has 3 heterocycles. The lowest BCUT2D eigenvalue weighted by Gasteiger charge is -2.32. The van der Waals surface area contributed by atoms with E-state index >= 15 is 0 Å². The first-order valence-corrected chi connectivity index (χ1v) is 8.20. The van der Waals surface area contributed by atoms with Crippen LogP contribution in [0.15, 0.2) is 24.7 Å². The van der Waals surface area contributed by atoms with Crippen LogP contribution >= 0.6 is 0 Å². The molecule has 0 unspecified atom stereocenters. The molecule has 22 heavy (non-hydrogen) atoms. The fourth-order valence-corrected chi connectivity index (χ4v) is 3.12. The normalized spacial score (nSPS) is 22.1. The Morgan fingerprint density at radius 3 is 3.05 bits per heavy atom. The van der Waals surface area contributed by atoms with Gasteiger partial charge in [0.15, 0.2) is 0 Å². The van der Waals surface area contributed by atoms with Crippen molar-refractivity contribution in [3.63, 3.8) is 0 Å². The van der Waals surface area contributed by atoms with E-state index in [9.17, 15) is 0 Å². The van der Waals surface area contributed by atoms with E-state index in [0.29, 0.717) is 6.04 Å². The lowest BCUT2D eigenvalue weighted by Crippen LogP contribution is -2.40. The van der Waals surface area contributed by atoms with Crippen LogP contribution in [-0.2, 0) is 24.4 Å². The zero-order chi connectivity index (χ0) is 15.4. The summed E-state index contributed by atoms with van der Waals surface area (Å²) in [6, 6.07) is 2.36. The average Bonchev–Trinajstić information content (AvgIpc) is 3.21. The van der Waals surface area contributed by atoms with E-state index < -0.39 is 0 Å². The summed E-state index contributed by atoms with van der Waals surface area (Å²) in [5, 5.41) is 7.97. The lowest BCUT2D eigenvalue weighted by molar-refractivity contribution is -0.0183. The molecule has 3 rings (SSSR count). The van der Waals surface area contributed by atoms with Gasteiger partial charge < -0.3 is 14.6 Å². The molecule has 120 valence electrons. The highest BCUT2D eigenvalue weighted by Gasteiger charge is 2.30. The van der Waals surface area contributed by atoms with Crippen LogP contribution in [0.2, 0.25) is 0 Å².